The summed E-state index contributed by atoms with van der Waals surface area (Å²) < 4.78 is 0. The van der Waals surface area contributed by atoms with E-state index in [4.69, 9.17) is 5.73 Å². The standard InChI is InChI=1S/C20H18N6S/c1-13-11-17(15-9-5-6-10-16(15)22-13)27-12-18-24-19(21)26-20(25-18)23-14-7-3-2-4-8-14/h2-11H,12H2,1H3,(H3,21,23,24,25,26). The van der Waals surface area contributed by atoms with Crippen molar-refractivity contribution in [3.8, 4) is 0 Å². The summed E-state index contributed by atoms with van der Waals surface area (Å²) in [4.78, 5) is 18.7. The molecule has 4 aromatic rings. The third kappa shape index (κ3) is 4.15. The summed E-state index contributed by atoms with van der Waals surface area (Å²) in [5, 5.41) is 4.28. The molecule has 0 saturated heterocycles. The number of thioether (sulfide) groups is 1. The lowest BCUT2D eigenvalue weighted by Crippen LogP contribution is -2.06. The van der Waals surface area contributed by atoms with Gasteiger partial charge in [0, 0.05) is 21.7 Å². The van der Waals surface area contributed by atoms with E-state index in [1.54, 1.807) is 11.8 Å². The van der Waals surface area contributed by atoms with Crippen LogP contribution >= 0.6 is 11.8 Å². The Labute approximate surface area is 161 Å². The Morgan fingerprint density at radius 3 is 2.56 bits per heavy atom. The Bertz CT molecular complexity index is 1080. The molecule has 0 radical (unpaired) electrons. The van der Waals surface area contributed by atoms with Gasteiger partial charge in [-0.05, 0) is 31.2 Å². The van der Waals surface area contributed by atoms with E-state index < -0.39 is 0 Å². The van der Waals surface area contributed by atoms with Crippen LogP contribution in [0.2, 0.25) is 0 Å². The average Bonchev–Trinajstić information content (AvgIpc) is 2.66. The molecule has 0 aliphatic carbocycles. The summed E-state index contributed by atoms with van der Waals surface area (Å²) in [6.07, 6.45) is 0. The molecule has 134 valence electrons. The highest BCUT2D eigenvalue weighted by molar-refractivity contribution is 7.98. The normalized spacial score (nSPS) is 10.9. The summed E-state index contributed by atoms with van der Waals surface area (Å²) in [6.45, 7) is 2.00. The number of hydrogen-bond acceptors (Lipinski definition) is 7. The molecule has 0 amide bonds. The quantitative estimate of drug-likeness (QED) is 0.502. The zero-order chi connectivity index (χ0) is 18.6. The van der Waals surface area contributed by atoms with Crippen molar-refractivity contribution in [1.82, 2.24) is 19.9 Å². The Morgan fingerprint density at radius 1 is 0.926 bits per heavy atom. The number of nitrogen functional groups attached to an aromatic ring is 1. The van der Waals surface area contributed by atoms with Crippen LogP contribution in [0.15, 0.2) is 65.6 Å². The number of para-hydroxylation sites is 2. The number of fused-ring (bicyclic) bond motifs is 1. The second kappa shape index (κ2) is 7.59. The number of rotatable bonds is 5. The monoisotopic (exact) mass is 374 g/mol. The number of aromatic nitrogens is 4. The van der Waals surface area contributed by atoms with Crippen LogP contribution < -0.4 is 11.1 Å². The van der Waals surface area contributed by atoms with Crippen LogP contribution in [0.4, 0.5) is 17.6 Å². The average molecular weight is 374 g/mol. The van der Waals surface area contributed by atoms with Gasteiger partial charge in [-0.1, -0.05) is 36.4 Å². The van der Waals surface area contributed by atoms with Crippen LogP contribution in [0.5, 0.6) is 0 Å². The minimum atomic E-state index is 0.204. The lowest BCUT2D eigenvalue weighted by molar-refractivity contribution is 0.982. The molecular formula is C20H18N6S. The van der Waals surface area contributed by atoms with E-state index >= 15 is 0 Å². The zero-order valence-electron chi connectivity index (χ0n) is 14.8. The minimum Gasteiger partial charge on any atom is -0.368 e. The molecule has 2 heterocycles. The van der Waals surface area contributed by atoms with Gasteiger partial charge in [-0.15, -0.1) is 11.8 Å². The molecule has 2 aromatic heterocycles. The number of pyridine rings is 1. The highest BCUT2D eigenvalue weighted by Gasteiger charge is 2.09. The summed E-state index contributed by atoms with van der Waals surface area (Å²) in [5.74, 6) is 1.86. The molecule has 0 aliphatic rings. The van der Waals surface area contributed by atoms with Crippen molar-refractivity contribution in [2.45, 2.75) is 17.6 Å². The Morgan fingerprint density at radius 2 is 1.70 bits per heavy atom. The highest BCUT2D eigenvalue weighted by atomic mass is 32.2. The van der Waals surface area contributed by atoms with Crippen molar-refractivity contribution < 1.29 is 0 Å². The van der Waals surface area contributed by atoms with Gasteiger partial charge in [0.1, 0.15) is 5.82 Å². The van der Waals surface area contributed by atoms with E-state index in [1.165, 1.54) is 0 Å². The summed E-state index contributed by atoms with van der Waals surface area (Å²) in [6, 6.07) is 19.9. The Hall–Kier alpha value is -3.19. The first-order valence-corrected chi connectivity index (χ1v) is 9.47. The molecule has 6 nitrogen and oxygen atoms in total. The molecular weight excluding hydrogens is 356 g/mol. The predicted octanol–water partition coefficient (Wildman–Crippen LogP) is 4.35. The number of hydrogen-bond donors (Lipinski definition) is 2. The third-order valence-electron chi connectivity index (χ3n) is 3.89. The maximum Gasteiger partial charge on any atom is 0.232 e. The fourth-order valence-corrected chi connectivity index (χ4v) is 3.74. The number of nitrogens with zero attached hydrogens (tertiary/aromatic N) is 4. The smallest absolute Gasteiger partial charge is 0.232 e. The number of anilines is 3. The molecule has 0 bridgehead atoms. The molecule has 0 fully saturated rings. The second-order valence-electron chi connectivity index (χ2n) is 5.99. The van der Waals surface area contributed by atoms with Crippen LogP contribution in [0.1, 0.15) is 11.5 Å². The number of benzene rings is 2. The lowest BCUT2D eigenvalue weighted by atomic mass is 10.2. The first kappa shape index (κ1) is 17.2. The van der Waals surface area contributed by atoms with Crippen molar-refractivity contribution in [3.63, 3.8) is 0 Å². The first-order chi connectivity index (χ1) is 13.2. The fraction of sp³-hybridized carbons (Fsp3) is 0.100. The van der Waals surface area contributed by atoms with E-state index in [0.717, 1.165) is 27.2 Å². The van der Waals surface area contributed by atoms with Gasteiger partial charge < -0.3 is 11.1 Å². The van der Waals surface area contributed by atoms with E-state index in [0.29, 0.717) is 17.5 Å². The molecule has 3 N–H and O–H groups in total. The predicted molar refractivity (Wildman–Crippen MR) is 110 cm³/mol. The molecule has 27 heavy (non-hydrogen) atoms. The number of nitrogens with two attached hydrogens (primary N) is 1. The van der Waals surface area contributed by atoms with Crippen molar-refractivity contribution >= 4 is 40.2 Å². The zero-order valence-corrected chi connectivity index (χ0v) is 15.6. The summed E-state index contributed by atoms with van der Waals surface area (Å²) in [5.41, 5.74) is 8.75. The van der Waals surface area contributed by atoms with E-state index in [1.807, 2.05) is 55.5 Å². The van der Waals surface area contributed by atoms with Gasteiger partial charge in [0.05, 0.1) is 11.3 Å². The topological polar surface area (TPSA) is 89.6 Å². The lowest BCUT2D eigenvalue weighted by Gasteiger charge is -2.09. The molecule has 4 rings (SSSR count). The van der Waals surface area contributed by atoms with E-state index in [-0.39, 0.29) is 5.95 Å². The molecule has 2 aromatic carbocycles. The van der Waals surface area contributed by atoms with Crippen molar-refractivity contribution in [2.75, 3.05) is 11.1 Å². The van der Waals surface area contributed by atoms with Gasteiger partial charge in [-0.2, -0.15) is 15.0 Å². The van der Waals surface area contributed by atoms with Crippen molar-refractivity contribution in [2.24, 2.45) is 0 Å². The van der Waals surface area contributed by atoms with Crippen LogP contribution in [0.25, 0.3) is 10.9 Å². The SMILES string of the molecule is Cc1cc(SCc2nc(N)nc(Nc3ccccc3)n2)c2ccccc2n1. The fourth-order valence-electron chi connectivity index (χ4n) is 2.74. The first-order valence-electron chi connectivity index (χ1n) is 8.49. The van der Waals surface area contributed by atoms with Crippen LogP contribution in [-0.2, 0) is 5.75 Å². The molecule has 0 saturated carbocycles. The number of aryl methyl sites for hydroxylation is 1. The van der Waals surface area contributed by atoms with Gasteiger partial charge in [0.15, 0.2) is 0 Å². The Kier molecular flexibility index (Phi) is 4.84. The number of nitrogens with one attached hydrogen (secondary N) is 1. The molecule has 0 atom stereocenters. The van der Waals surface area contributed by atoms with Gasteiger partial charge >= 0.3 is 0 Å². The second-order valence-corrected chi connectivity index (χ2v) is 7.01. The van der Waals surface area contributed by atoms with Crippen molar-refractivity contribution in [1.29, 1.82) is 0 Å². The maximum absolute atomic E-state index is 5.88. The van der Waals surface area contributed by atoms with Gasteiger partial charge in [0.25, 0.3) is 0 Å². The van der Waals surface area contributed by atoms with Crippen LogP contribution in [-0.4, -0.2) is 19.9 Å². The maximum atomic E-state index is 5.88. The highest BCUT2D eigenvalue weighted by Crippen LogP contribution is 2.30. The van der Waals surface area contributed by atoms with Gasteiger partial charge in [-0.3, -0.25) is 4.98 Å². The Balaban J connectivity index is 1.57. The van der Waals surface area contributed by atoms with Gasteiger partial charge in [-0.25, -0.2) is 0 Å². The molecule has 0 unspecified atom stereocenters. The third-order valence-corrected chi connectivity index (χ3v) is 4.94. The van der Waals surface area contributed by atoms with Gasteiger partial charge in [0.2, 0.25) is 11.9 Å². The van der Waals surface area contributed by atoms with E-state index in [9.17, 15) is 0 Å². The van der Waals surface area contributed by atoms with Crippen LogP contribution in [0.3, 0.4) is 0 Å². The summed E-state index contributed by atoms with van der Waals surface area (Å²) >= 11 is 1.66. The van der Waals surface area contributed by atoms with Crippen molar-refractivity contribution in [3.05, 3.63) is 72.2 Å². The van der Waals surface area contributed by atoms with Crippen LogP contribution in [0, 0.1) is 6.92 Å². The van der Waals surface area contributed by atoms with E-state index in [2.05, 4.69) is 37.4 Å². The largest absolute Gasteiger partial charge is 0.368 e. The molecule has 7 heteroatoms. The minimum absolute atomic E-state index is 0.204. The molecule has 0 spiro atoms. The molecule has 0 aliphatic heterocycles. The summed E-state index contributed by atoms with van der Waals surface area (Å²) in [7, 11) is 0.